The maximum Gasteiger partial charge on any atom is 0.510 e. The van der Waals surface area contributed by atoms with Gasteiger partial charge in [0, 0.05) is 10.3 Å². The van der Waals surface area contributed by atoms with E-state index in [2.05, 4.69) is 28.0 Å². The Morgan fingerprint density at radius 3 is 2.00 bits per heavy atom. The van der Waals surface area contributed by atoms with Gasteiger partial charge in [-0.3, -0.25) is 18.4 Å². The molecule has 0 spiro atoms. The van der Waals surface area contributed by atoms with Crippen molar-refractivity contribution in [1.82, 2.24) is 0 Å². The Hall–Kier alpha value is -2.60. The minimum absolute atomic E-state index is 0.296. The normalized spacial score (nSPS) is 12.1. The van der Waals surface area contributed by atoms with E-state index in [4.69, 9.17) is 0 Å². The third-order valence-electron chi connectivity index (χ3n) is 3.81. The van der Waals surface area contributed by atoms with Crippen LogP contribution in [0.2, 0.25) is 0 Å². The second-order valence-corrected chi connectivity index (χ2v) is 10.4. The first-order valence-electron chi connectivity index (χ1n) is 9.81. The molecule has 10 nitrogen and oxygen atoms in total. The Balaban J connectivity index is 2.26. The molecule has 2 aromatic rings. The van der Waals surface area contributed by atoms with E-state index in [0.717, 1.165) is 23.5 Å². The molecule has 188 valence electrons. The van der Waals surface area contributed by atoms with Gasteiger partial charge in [-0.15, -0.1) is 11.3 Å². The molecule has 0 radical (unpaired) electrons. The Kier molecular flexibility index (Phi) is 9.51. The first-order valence-corrected chi connectivity index (χ1v) is 12.2. The lowest BCUT2D eigenvalue weighted by Gasteiger charge is -2.26. The van der Waals surface area contributed by atoms with Crippen LogP contribution in [0.25, 0.3) is 10.1 Å². The SMILES string of the molecule is CC(C)OC(=O)OCOP(=O)(OCOC(=O)OC(C)C)C(F)(F)c1ccc2sc(C=O)cc2c1. The van der Waals surface area contributed by atoms with E-state index >= 15 is 8.78 Å². The number of carbonyl (C=O) groups excluding carboxylic acids is 3. The zero-order valence-electron chi connectivity index (χ0n) is 18.6. The average Bonchev–Trinajstić information content (AvgIpc) is 3.15. The zero-order valence-corrected chi connectivity index (χ0v) is 20.4. The lowest BCUT2D eigenvalue weighted by atomic mass is 10.1. The fourth-order valence-electron chi connectivity index (χ4n) is 2.41. The summed E-state index contributed by atoms with van der Waals surface area (Å²) in [7, 11) is -5.47. The first kappa shape index (κ1) is 27.6. The summed E-state index contributed by atoms with van der Waals surface area (Å²) in [5, 5.41) is 0.296. The monoisotopic (exact) mass is 524 g/mol. The van der Waals surface area contributed by atoms with Crippen LogP contribution in [-0.4, -0.2) is 44.4 Å². The maximum absolute atomic E-state index is 15.4. The summed E-state index contributed by atoms with van der Waals surface area (Å²) in [5.41, 5.74) is -5.05. The molecule has 34 heavy (non-hydrogen) atoms. The second kappa shape index (κ2) is 11.7. The second-order valence-electron chi connectivity index (χ2n) is 7.17. The molecule has 0 saturated carbocycles. The van der Waals surface area contributed by atoms with Gasteiger partial charge in [0.15, 0.2) is 6.29 Å². The molecule has 0 saturated heterocycles. The van der Waals surface area contributed by atoms with Crippen molar-refractivity contribution >= 4 is 47.6 Å². The van der Waals surface area contributed by atoms with Crippen LogP contribution in [0.4, 0.5) is 18.4 Å². The number of benzene rings is 1. The van der Waals surface area contributed by atoms with Crippen LogP contribution in [-0.2, 0) is 38.2 Å². The highest BCUT2D eigenvalue weighted by atomic mass is 32.1. The van der Waals surface area contributed by atoms with Crippen molar-refractivity contribution in [3.63, 3.8) is 0 Å². The van der Waals surface area contributed by atoms with Crippen LogP contribution in [0.15, 0.2) is 24.3 Å². The molecular weight excluding hydrogens is 501 g/mol. The first-order chi connectivity index (χ1) is 15.9. The lowest BCUT2D eigenvalue weighted by molar-refractivity contribution is -0.0527. The molecule has 14 heteroatoms. The van der Waals surface area contributed by atoms with Crippen LogP contribution >= 0.6 is 18.9 Å². The van der Waals surface area contributed by atoms with Gasteiger partial charge >= 0.3 is 25.6 Å². The van der Waals surface area contributed by atoms with Crippen molar-refractivity contribution in [2.45, 2.75) is 45.6 Å². The highest BCUT2D eigenvalue weighted by molar-refractivity contribution is 7.54. The number of alkyl halides is 2. The molecular formula is C20H23F2O10PS. The van der Waals surface area contributed by atoms with Crippen molar-refractivity contribution < 1.29 is 55.7 Å². The number of rotatable bonds is 11. The van der Waals surface area contributed by atoms with E-state index < -0.39 is 56.9 Å². The summed E-state index contributed by atoms with van der Waals surface area (Å²) in [5.74, 6) is 0. The smallest absolute Gasteiger partial charge is 0.432 e. The molecule has 1 heterocycles. The van der Waals surface area contributed by atoms with E-state index in [0.29, 0.717) is 21.2 Å². The summed E-state index contributed by atoms with van der Waals surface area (Å²) in [4.78, 5) is 34.3. The third-order valence-corrected chi connectivity index (χ3v) is 6.68. The maximum atomic E-state index is 15.4. The highest BCUT2D eigenvalue weighted by Gasteiger charge is 2.56. The van der Waals surface area contributed by atoms with Crippen LogP contribution in [0.1, 0.15) is 42.9 Å². The zero-order chi connectivity index (χ0) is 25.5. The van der Waals surface area contributed by atoms with Crippen molar-refractivity contribution in [1.29, 1.82) is 0 Å². The van der Waals surface area contributed by atoms with Gasteiger partial charge in [-0.1, -0.05) is 6.07 Å². The molecule has 0 fully saturated rings. The predicted molar refractivity (Wildman–Crippen MR) is 116 cm³/mol. The molecule has 0 unspecified atom stereocenters. The predicted octanol–water partition coefficient (Wildman–Crippen LogP) is 6.03. The minimum atomic E-state index is -5.47. The third kappa shape index (κ3) is 7.20. The molecule has 0 amide bonds. The van der Waals surface area contributed by atoms with Gasteiger partial charge in [-0.2, -0.15) is 8.78 Å². The number of fused-ring (bicyclic) bond motifs is 1. The number of halogens is 2. The van der Waals surface area contributed by atoms with Crippen molar-refractivity contribution in [3.8, 4) is 0 Å². The van der Waals surface area contributed by atoms with Gasteiger partial charge in [0.1, 0.15) is 0 Å². The Morgan fingerprint density at radius 1 is 1.00 bits per heavy atom. The van der Waals surface area contributed by atoms with Gasteiger partial charge in [0.25, 0.3) is 0 Å². The molecule has 2 rings (SSSR count). The van der Waals surface area contributed by atoms with E-state index in [-0.39, 0.29) is 0 Å². The Labute approximate surface area is 197 Å². The highest BCUT2D eigenvalue weighted by Crippen LogP contribution is 2.67. The number of hydrogen-bond donors (Lipinski definition) is 0. The van der Waals surface area contributed by atoms with E-state index in [1.165, 1.54) is 39.8 Å². The molecule has 1 aromatic carbocycles. The summed E-state index contributed by atoms with van der Waals surface area (Å²) >= 11 is 1.08. The fraction of sp³-hybridized carbons (Fsp3) is 0.450. The molecule has 0 aliphatic carbocycles. The van der Waals surface area contributed by atoms with Crippen LogP contribution in [0.5, 0.6) is 0 Å². The summed E-state index contributed by atoms with van der Waals surface area (Å²) < 4.78 is 72.1. The standard InChI is InChI=1S/C20H23F2O10PS/c1-12(2)31-18(24)27-10-29-33(26,30-11-28-19(25)32-13(3)4)20(21,22)15-5-6-17-14(7-15)8-16(9-23)34-17/h5-9,12-13H,10-11H2,1-4H3. The number of aldehydes is 1. The van der Waals surface area contributed by atoms with Gasteiger partial charge < -0.3 is 18.9 Å². The fourth-order valence-corrected chi connectivity index (χ4v) is 4.50. The van der Waals surface area contributed by atoms with Gasteiger partial charge in [-0.05, 0) is 51.3 Å². The minimum Gasteiger partial charge on any atom is -0.432 e. The summed E-state index contributed by atoms with van der Waals surface area (Å²) in [6, 6.07) is 4.69. The van der Waals surface area contributed by atoms with Crippen LogP contribution < -0.4 is 0 Å². The van der Waals surface area contributed by atoms with Gasteiger partial charge in [0.2, 0.25) is 13.6 Å². The molecule has 0 aliphatic rings. The summed E-state index contributed by atoms with van der Waals surface area (Å²) in [6.45, 7) is 3.68. The number of carbonyl (C=O) groups is 3. The van der Waals surface area contributed by atoms with Crippen LogP contribution in [0, 0.1) is 0 Å². The number of ether oxygens (including phenoxy) is 4. The average molecular weight is 524 g/mol. The topological polar surface area (TPSA) is 124 Å². The Morgan fingerprint density at radius 2 is 1.53 bits per heavy atom. The van der Waals surface area contributed by atoms with E-state index in [9.17, 15) is 18.9 Å². The lowest BCUT2D eigenvalue weighted by Crippen LogP contribution is -2.22. The quantitative estimate of drug-likeness (QED) is 0.149. The van der Waals surface area contributed by atoms with E-state index in [1.807, 2.05) is 0 Å². The van der Waals surface area contributed by atoms with Gasteiger partial charge in [0.05, 0.1) is 17.1 Å². The molecule has 0 aliphatic heterocycles. The number of hydrogen-bond acceptors (Lipinski definition) is 11. The van der Waals surface area contributed by atoms with Crippen molar-refractivity contribution in [2.24, 2.45) is 0 Å². The van der Waals surface area contributed by atoms with Crippen molar-refractivity contribution in [3.05, 3.63) is 34.7 Å². The number of thiophene rings is 1. The molecule has 1 aromatic heterocycles. The largest absolute Gasteiger partial charge is 0.510 e. The molecule has 0 N–H and O–H groups in total. The Bertz CT molecular complexity index is 1040. The van der Waals surface area contributed by atoms with E-state index in [1.54, 1.807) is 0 Å². The van der Waals surface area contributed by atoms with Gasteiger partial charge in [-0.25, -0.2) is 9.59 Å². The molecule has 0 atom stereocenters. The van der Waals surface area contributed by atoms with Crippen LogP contribution in [0.3, 0.4) is 0 Å². The summed E-state index contributed by atoms with van der Waals surface area (Å²) in [6.07, 6.45) is -3.05. The van der Waals surface area contributed by atoms with Crippen molar-refractivity contribution in [2.75, 3.05) is 13.6 Å². The molecule has 0 bridgehead atoms.